The molecular formula is C19H30N4O2Si. The van der Waals surface area contributed by atoms with Crippen molar-refractivity contribution < 1.29 is 9.90 Å². The van der Waals surface area contributed by atoms with Crippen LogP contribution in [0.2, 0.25) is 19.6 Å². The predicted molar refractivity (Wildman–Crippen MR) is 107 cm³/mol. The molecule has 0 radical (unpaired) electrons. The van der Waals surface area contributed by atoms with Crippen LogP contribution in [0.3, 0.4) is 0 Å². The Morgan fingerprint density at radius 3 is 2.31 bits per heavy atom. The number of nitrogens with one attached hydrogen (secondary N) is 3. The maximum absolute atomic E-state index is 12.0. The molecule has 1 aliphatic heterocycles. The van der Waals surface area contributed by atoms with Crippen molar-refractivity contribution in [2.24, 2.45) is 0 Å². The zero-order valence-electron chi connectivity index (χ0n) is 15.9. The lowest BCUT2D eigenvalue weighted by Crippen LogP contribution is -2.50. The van der Waals surface area contributed by atoms with Gasteiger partial charge in [-0.15, -0.1) is 5.54 Å². The summed E-state index contributed by atoms with van der Waals surface area (Å²) in [6.07, 6.45) is 0. The van der Waals surface area contributed by atoms with Crippen LogP contribution in [0.4, 0.5) is 0 Å². The minimum atomic E-state index is -1.43. The summed E-state index contributed by atoms with van der Waals surface area (Å²) in [6, 6.07) is 6.85. The number of hydrogen-bond donors (Lipinski definition) is 4. The molecule has 2 rings (SSSR count). The summed E-state index contributed by atoms with van der Waals surface area (Å²) in [5.41, 5.74) is 8.28. The van der Waals surface area contributed by atoms with Crippen LogP contribution in [-0.4, -0.2) is 63.4 Å². The molecule has 1 atom stereocenters. The van der Waals surface area contributed by atoms with Crippen molar-refractivity contribution in [2.75, 3.05) is 39.3 Å². The van der Waals surface area contributed by atoms with Crippen LogP contribution in [-0.2, 0) is 4.79 Å². The minimum absolute atomic E-state index is 0.619. The Labute approximate surface area is 157 Å². The highest BCUT2D eigenvalue weighted by molar-refractivity contribution is 6.83. The van der Waals surface area contributed by atoms with Gasteiger partial charge in [-0.05, 0) is 17.7 Å². The van der Waals surface area contributed by atoms with Gasteiger partial charge in [0.25, 0.3) is 0 Å². The molecule has 6 nitrogen and oxygen atoms in total. The van der Waals surface area contributed by atoms with Crippen molar-refractivity contribution in [3.8, 4) is 11.5 Å². The fraction of sp³-hybridized carbons (Fsp3) is 0.526. The molecule has 0 amide bonds. The second-order valence-corrected chi connectivity index (χ2v) is 12.2. The number of hydrazine groups is 1. The van der Waals surface area contributed by atoms with E-state index in [-0.39, 0.29) is 0 Å². The van der Waals surface area contributed by atoms with Crippen molar-refractivity contribution in [3.63, 3.8) is 0 Å². The topological polar surface area (TPSA) is 76.6 Å². The van der Waals surface area contributed by atoms with E-state index < -0.39 is 20.1 Å². The second-order valence-electron chi connectivity index (χ2n) is 7.46. The molecular weight excluding hydrogens is 344 g/mol. The maximum Gasteiger partial charge on any atom is 0.326 e. The highest BCUT2D eigenvalue weighted by atomic mass is 28.3. The summed E-state index contributed by atoms with van der Waals surface area (Å²) in [5, 5.41) is 18.2. The fourth-order valence-corrected chi connectivity index (χ4v) is 3.20. The third-order valence-corrected chi connectivity index (χ3v) is 4.85. The van der Waals surface area contributed by atoms with Gasteiger partial charge >= 0.3 is 5.97 Å². The highest BCUT2D eigenvalue weighted by Gasteiger charge is 2.27. The summed E-state index contributed by atoms with van der Waals surface area (Å²) >= 11 is 0. The first kappa shape index (κ1) is 20.6. The van der Waals surface area contributed by atoms with E-state index in [2.05, 4.69) is 47.2 Å². The van der Waals surface area contributed by atoms with E-state index in [0.29, 0.717) is 13.1 Å². The van der Waals surface area contributed by atoms with Crippen LogP contribution in [0.15, 0.2) is 24.3 Å². The number of aliphatic carboxylic acids is 1. The molecule has 1 heterocycles. The van der Waals surface area contributed by atoms with Crippen LogP contribution in [0.1, 0.15) is 17.2 Å². The Bertz CT molecular complexity index is 636. The Kier molecular flexibility index (Phi) is 7.81. The van der Waals surface area contributed by atoms with Gasteiger partial charge in [0.15, 0.2) is 0 Å². The second kappa shape index (κ2) is 9.85. The molecule has 7 heteroatoms. The Balaban J connectivity index is 2.16. The number of benzene rings is 1. The summed E-state index contributed by atoms with van der Waals surface area (Å²) in [5.74, 6) is 2.35. The predicted octanol–water partition coefficient (Wildman–Crippen LogP) is 1.04. The zero-order chi connectivity index (χ0) is 19.0. The molecule has 0 aliphatic carbocycles. The Morgan fingerprint density at radius 2 is 1.69 bits per heavy atom. The first-order valence-electron chi connectivity index (χ1n) is 9.14. The molecule has 0 aromatic heterocycles. The Morgan fingerprint density at radius 1 is 1.08 bits per heavy atom. The van der Waals surface area contributed by atoms with Crippen LogP contribution in [0.5, 0.6) is 0 Å². The first-order valence-corrected chi connectivity index (χ1v) is 12.6. The molecule has 142 valence electrons. The molecule has 0 bridgehead atoms. The number of carboxylic acid groups (broad SMARTS) is 1. The third kappa shape index (κ3) is 6.90. The summed E-state index contributed by atoms with van der Waals surface area (Å²) in [7, 11) is -1.43. The number of carbonyl (C=O) groups is 1. The van der Waals surface area contributed by atoms with Crippen LogP contribution < -0.4 is 16.1 Å². The van der Waals surface area contributed by atoms with Gasteiger partial charge in [0.2, 0.25) is 0 Å². The smallest absolute Gasteiger partial charge is 0.326 e. The van der Waals surface area contributed by atoms with Gasteiger partial charge in [-0.3, -0.25) is 10.2 Å². The number of rotatable bonds is 3. The lowest BCUT2D eigenvalue weighted by molar-refractivity contribution is -0.145. The molecule has 1 saturated heterocycles. The highest BCUT2D eigenvalue weighted by Crippen LogP contribution is 2.20. The fourth-order valence-electron chi connectivity index (χ4n) is 2.68. The van der Waals surface area contributed by atoms with Gasteiger partial charge in [0.05, 0.1) is 0 Å². The number of nitrogens with zero attached hydrogens (tertiary/aromatic N) is 1. The molecule has 1 aliphatic rings. The van der Waals surface area contributed by atoms with Crippen molar-refractivity contribution >= 4 is 14.0 Å². The SMILES string of the molecule is C[Si](C)(C)C#Cc1ccc(C(C(=O)O)N2CCNCCNCCN2)cc1. The molecule has 26 heavy (non-hydrogen) atoms. The van der Waals surface area contributed by atoms with E-state index in [4.69, 9.17) is 0 Å². The van der Waals surface area contributed by atoms with Crippen LogP contribution in [0, 0.1) is 11.5 Å². The quantitative estimate of drug-likeness (QED) is 0.468. The average Bonchev–Trinajstić information content (AvgIpc) is 2.59. The van der Waals surface area contributed by atoms with Gasteiger partial charge in [-0.2, -0.15) is 0 Å². The zero-order valence-corrected chi connectivity index (χ0v) is 16.9. The molecule has 1 fully saturated rings. The van der Waals surface area contributed by atoms with E-state index in [1.807, 2.05) is 29.3 Å². The summed E-state index contributed by atoms with van der Waals surface area (Å²) in [4.78, 5) is 12.0. The van der Waals surface area contributed by atoms with Crippen molar-refractivity contribution in [1.82, 2.24) is 21.1 Å². The normalized spacial score (nSPS) is 18.4. The van der Waals surface area contributed by atoms with Crippen molar-refractivity contribution in [2.45, 2.75) is 25.7 Å². The molecule has 4 N–H and O–H groups in total. The van der Waals surface area contributed by atoms with E-state index in [1.165, 1.54) is 0 Å². The van der Waals surface area contributed by atoms with E-state index in [9.17, 15) is 9.90 Å². The van der Waals surface area contributed by atoms with Gasteiger partial charge in [0, 0.05) is 44.8 Å². The van der Waals surface area contributed by atoms with E-state index >= 15 is 0 Å². The first-order chi connectivity index (χ1) is 12.4. The monoisotopic (exact) mass is 374 g/mol. The molecule has 1 unspecified atom stereocenters. The molecule has 1 aromatic carbocycles. The maximum atomic E-state index is 12.0. The lowest BCUT2D eigenvalue weighted by atomic mass is 10.0. The largest absolute Gasteiger partial charge is 0.480 e. The van der Waals surface area contributed by atoms with Gasteiger partial charge in [-0.1, -0.05) is 37.7 Å². The van der Waals surface area contributed by atoms with Crippen LogP contribution >= 0.6 is 0 Å². The molecule has 0 spiro atoms. The average molecular weight is 375 g/mol. The van der Waals surface area contributed by atoms with E-state index in [1.54, 1.807) is 0 Å². The van der Waals surface area contributed by atoms with Gasteiger partial charge in [-0.25, -0.2) is 5.01 Å². The lowest BCUT2D eigenvalue weighted by Gasteiger charge is -2.30. The van der Waals surface area contributed by atoms with Crippen LogP contribution in [0.25, 0.3) is 0 Å². The minimum Gasteiger partial charge on any atom is -0.480 e. The van der Waals surface area contributed by atoms with Crippen molar-refractivity contribution in [3.05, 3.63) is 35.4 Å². The molecule has 0 saturated carbocycles. The summed E-state index contributed by atoms with van der Waals surface area (Å²) in [6.45, 7) is 11.3. The Hall–Kier alpha value is -1.69. The standard InChI is InChI=1S/C19H30N4O2Si/c1-26(2,3)15-8-16-4-6-17(7-5-16)18(19(24)25)23-14-13-21-10-9-20-11-12-22-23/h4-7,18,20-22H,9-14H2,1-3H3,(H,24,25). The molecule has 1 aromatic rings. The third-order valence-electron chi connectivity index (χ3n) is 3.98. The van der Waals surface area contributed by atoms with Gasteiger partial charge < -0.3 is 15.7 Å². The van der Waals surface area contributed by atoms with Crippen molar-refractivity contribution in [1.29, 1.82) is 0 Å². The number of carboxylic acids is 1. The summed E-state index contributed by atoms with van der Waals surface area (Å²) < 4.78 is 0. The van der Waals surface area contributed by atoms with E-state index in [0.717, 1.165) is 37.3 Å². The number of hydrogen-bond acceptors (Lipinski definition) is 5. The van der Waals surface area contributed by atoms with Gasteiger partial charge in [0.1, 0.15) is 14.1 Å².